The van der Waals surface area contributed by atoms with E-state index >= 15 is 0 Å². The smallest absolute Gasteiger partial charge is 0.354 e. The first-order valence-electron chi connectivity index (χ1n) is 6.05. The Bertz CT molecular complexity index is 704. The number of hydrogen-bond donors (Lipinski definition) is 2. The lowest BCUT2D eigenvalue weighted by Crippen LogP contribution is -2.44. The molecule has 1 aliphatic heterocycles. The van der Waals surface area contributed by atoms with E-state index in [0.717, 1.165) is 5.39 Å². The molecule has 0 unspecified atom stereocenters. The quantitative estimate of drug-likeness (QED) is 0.811. The van der Waals surface area contributed by atoms with Crippen LogP contribution in [0.4, 0.5) is 0 Å². The van der Waals surface area contributed by atoms with Gasteiger partial charge in [0.05, 0.1) is 6.04 Å². The van der Waals surface area contributed by atoms with E-state index in [4.69, 9.17) is 5.11 Å². The van der Waals surface area contributed by atoms with Crippen LogP contribution in [0.5, 0.6) is 0 Å². The topological polar surface area (TPSA) is 84.2 Å². The van der Waals surface area contributed by atoms with Gasteiger partial charge in [0.25, 0.3) is 5.91 Å². The first-order chi connectivity index (χ1) is 8.99. The van der Waals surface area contributed by atoms with Crippen molar-refractivity contribution in [1.29, 1.82) is 0 Å². The second-order valence-corrected chi connectivity index (χ2v) is 4.82. The summed E-state index contributed by atoms with van der Waals surface area (Å²) >= 11 is 0. The number of nitrogens with zero attached hydrogens (tertiary/aromatic N) is 2. The number of nitrogens with one attached hydrogen (secondary N) is 1. The first-order valence-corrected chi connectivity index (χ1v) is 6.05. The minimum absolute atomic E-state index is 0.0146. The molecule has 19 heavy (non-hydrogen) atoms. The van der Waals surface area contributed by atoms with Gasteiger partial charge in [-0.25, -0.2) is 9.78 Å². The van der Waals surface area contributed by atoms with Gasteiger partial charge in [-0.15, -0.1) is 0 Å². The normalized spacial score (nSPS) is 22.1. The van der Waals surface area contributed by atoms with Crippen molar-refractivity contribution in [2.75, 3.05) is 0 Å². The van der Waals surface area contributed by atoms with Crippen molar-refractivity contribution in [3.05, 3.63) is 29.6 Å². The Morgan fingerprint density at radius 3 is 2.84 bits per heavy atom. The molecule has 3 rings (SSSR count). The second kappa shape index (κ2) is 3.81. The average molecular weight is 259 g/mol. The van der Waals surface area contributed by atoms with Gasteiger partial charge in [0.2, 0.25) is 0 Å². The molecule has 1 aliphatic rings. The third-order valence-corrected chi connectivity index (χ3v) is 3.63. The standard InChI is InChI=1S/C13H13N3O3/c1-6-7(2)16-10(12(17)14-6)5-8-3-4-9(13(18)19)15-11(8)16/h3-7H,1-2H3,(H,14,17)(H,18,19)/t6-,7-/m1/s1. The summed E-state index contributed by atoms with van der Waals surface area (Å²) in [6.07, 6.45) is 0. The Morgan fingerprint density at radius 1 is 1.42 bits per heavy atom. The maximum atomic E-state index is 12.0. The van der Waals surface area contributed by atoms with Crippen molar-refractivity contribution >= 4 is 22.9 Å². The van der Waals surface area contributed by atoms with E-state index in [1.807, 2.05) is 18.4 Å². The molecule has 3 heterocycles. The van der Waals surface area contributed by atoms with Crippen LogP contribution in [-0.4, -0.2) is 32.6 Å². The van der Waals surface area contributed by atoms with Crippen LogP contribution in [0.15, 0.2) is 18.2 Å². The van der Waals surface area contributed by atoms with Gasteiger partial charge in [0, 0.05) is 11.4 Å². The van der Waals surface area contributed by atoms with E-state index in [1.54, 1.807) is 12.1 Å². The predicted molar refractivity (Wildman–Crippen MR) is 68.3 cm³/mol. The first kappa shape index (κ1) is 11.7. The molecule has 2 atom stereocenters. The molecule has 0 aliphatic carbocycles. The van der Waals surface area contributed by atoms with E-state index in [9.17, 15) is 9.59 Å². The fraction of sp³-hybridized carbons (Fsp3) is 0.308. The third kappa shape index (κ3) is 1.60. The summed E-state index contributed by atoms with van der Waals surface area (Å²) in [5, 5.41) is 12.7. The molecule has 2 N–H and O–H groups in total. The molecule has 6 nitrogen and oxygen atoms in total. The number of hydrogen-bond acceptors (Lipinski definition) is 3. The van der Waals surface area contributed by atoms with E-state index < -0.39 is 5.97 Å². The fourth-order valence-electron chi connectivity index (χ4n) is 2.43. The highest BCUT2D eigenvalue weighted by atomic mass is 16.4. The van der Waals surface area contributed by atoms with Crippen LogP contribution in [0.1, 0.15) is 40.9 Å². The van der Waals surface area contributed by atoms with Gasteiger partial charge in [-0.1, -0.05) is 0 Å². The zero-order valence-electron chi connectivity index (χ0n) is 10.5. The number of carboxylic acid groups (broad SMARTS) is 1. The predicted octanol–water partition coefficient (Wildman–Crippen LogP) is 1.43. The van der Waals surface area contributed by atoms with Crippen LogP contribution in [0.2, 0.25) is 0 Å². The molecule has 0 saturated heterocycles. The van der Waals surface area contributed by atoms with Gasteiger partial charge in [-0.3, -0.25) is 4.79 Å². The molecular weight excluding hydrogens is 246 g/mol. The van der Waals surface area contributed by atoms with Crippen molar-refractivity contribution < 1.29 is 14.7 Å². The molecule has 2 aromatic rings. The number of carboxylic acids is 1. The van der Waals surface area contributed by atoms with Crippen LogP contribution in [0.3, 0.4) is 0 Å². The van der Waals surface area contributed by atoms with E-state index in [1.165, 1.54) is 6.07 Å². The maximum Gasteiger partial charge on any atom is 0.354 e. The monoisotopic (exact) mass is 259 g/mol. The van der Waals surface area contributed by atoms with Gasteiger partial charge in [-0.05, 0) is 32.0 Å². The molecule has 6 heteroatoms. The molecule has 0 fully saturated rings. The van der Waals surface area contributed by atoms with Crippen molar-refractivity contribution in [2.24, 2.45) is 0 Å². The lowest BCUT2D eigenvalue weighted by atomic mass is 10.1. The number of amides is 1. The third-order valence-electron chi connectivity index (χ3n) is 3.63. The van der Waals surface area contributed by atoms with Gasteiger partial charge in [0.1, 0.15) is 11.3 Å². The molecule has 1 amide bonds. The second-order valence-electron chi connectivity index (χ2n) is 4.82. The summed E-state index contributed by atoms with van der Waals surface area (Å²) in [7, 11) is 0. The number of fused-ring (bicyclic) bond motifs is 3. The fourth-order valence-corrected chi connectivity index (χ4v) is 2.43. The molecule has 0 bridgehead atoms. The Morgan fingerprint density at radius 2 is 2.16 bits per heavy atom. The summed E-state index contributed by atoms with van der Waals surface area (Å²) in [6.45, 7) is 3.89. The van der Waals surface area contributed by atoms with E-state index in [-0.39, 0.29) is 23.7 Å². The minimum atomic E-state index is -1.07. The SMILES string of the molecule is C[C@@H]1[C@@H](C)NC(=O)c2cc3ccc(C(=O)O)nc3n21. The average Bonchev–Trinajstić information content (AvgIpc) is 2.75. The van der Waals surface area contributed by atoms with E-state index in [2.05, 4.69) is 10.3 Å². The minimum Gasteiger partial charge on any atom is -0.477 e. The van der Waals surface area contributed by atoms with Crippen LogP contribution >= 0.6 is 0 Å². The Hall–Kier alpha value is -2.37. The summed E-state index contributed by atoms with van der Waals surface area (Å²) in [6, 6.07) is 4.88. The lowest BCUT2D eigenvalue weighted by molar-refractivity contribution is 0.0690. The summed E-state index contributed by atoms with van der Waals surface area (Å²) in [4.78, 5) is 27.1. The van der Waals surface area contributed by atoms with Gasteiger partial charge in [0.15, 0.2) is 5.69 Å². The summed E-state index contributed by atoms with van der Waals surface area (Å²) in [5.41, 5.74) is 1.05. The molecule has 0 aromatic carbocycles. The molecule has 2 aromatic heterocycles. The van der Waals surface area contributed by atoms with Crippen LogP contribution < -0.4 is 5.32 Å². The van der Waals surface area contributed by atoms with Gasteiger partial charge in [-0.2, -0.15) is 0 Å². The number of carbonyl (C=O) groups is 2. The molecule has 0 saturated carbocycles. The van der Waals surface area contributed by atoms with E-state index in [0.29, 0.717) is 11.3 Å². The highest BCUT2D eigenvalue weighted by Gasteiger charge is 2.30. The number of rotatable bonds is 1. The maximum absolute atomic E-state index is 12.0. The van der Waals surface area contributed by atoms with Crippen LogP contribution in [0, 0.1) is 0 Å². The van der Waals surface area contributed by atoms with Crippen molar-refractivity contribution in [1.82, 2.24) is 14.9 Å². The number of pyridine rings is 1. The summed E-state index contributed by atoms with van der Waals surface area (Å²) in [5.74, 6) is -1.22. The van der Waals surface area contributed by atoms with Crippen molar-refractivity contribution in [3.63, 3.8) is 0 Å². The molecule has 0 spiro atoms. The van der Waals surface area contributed by atoms with Gasteiger partial charge < -0.3 is 15.0 Å². The summed E-state index contributed by atoms with van der Waals surface area (Å²) < 4.78 is 1.81. The number of aromatic carboxylic acids is 1. The largest absolute Gasteiger partial charge is 0.477 e. The Kier molecular flexibility index (Phi) is 2.35. The zero-order chi connectivity index (χ0) is 13.7. The zero-order valence-corrected chi connectivity index (χ0v) is 10.5. The van der Waals surface area contributed by atoms with Crippen LogP contribution in [0.25, 0.3) is 11.0 Å². The lowest BCUT2D eigenvalue weighted by Gasteiger charge is -2.29. The number of aromatic nitrogens is 2. The Balaban J connectivity index is 2.31. The van der Waals surface area contributed by atoms with Crippen molar-refractivity contribution in [3.8, 4) is 0 Å². The molecular formula is C13H13N3O3. The Labute approximate surface area is 109 Å². The highest BCUT2D eigenvalue weighted by Crippen LogP contribution is 2.28. The molecule has 0 radical (unpaired) electrons. The van der Waals surface area contributed by atoms with Gasteiger partial charge >= 0.3 is 5.97 Å². The number of carbonyl (C=O) groups excluding carboxylic acids is 1. The molecule has 98 valence electrons. The highest BCUT2D eigenvalue weighted by molar-refractivity contribution is 5.99. The van der Waals surface area contributed by atoms with Crippen molar-refractivity contribution in [2.45, 2.75) is 25.9 Å². The van der Waals surface area contributed by atoms with Crippen LogP contribution in [-0.2, 0) is 0 Å².